The van der Waals surface area contributed by atoms with E-state index in [1.807, 2.05) is 13.0 Å². The first-order chi connectivity index (χ1) is 10.1. The molecule has 21 heavy (non-hydrogen) atoms. The van der Waals surface area contributed by atoms with Gasteiger partial charge in [-0.2, -0.15) is 0 Å². The van der Waals surface area contributed by atoms with E-state index in [1.54, 1.807) is 13.1 Å². The van der Waals surface area contributed by atoms with E-state index in [2.05, 4.69) is 19.9 Å². The highest BCUT2D eigenvalue weighted by atomic mass is 32.2. The smallest absolute Gasteiger partial charge is 0.346 e. The lowest BCUT2D eigenvalue weighted by molar-refractivity contribution is 0.0701. The molecular weight excluding hydrogens is 308 g/mol. The molecule has 8 heteroatoms. The van der Waals surface area contributed by atoms with Crippen LogP contribution in [0.5, 0.6) is 0 Å². The van der Waals surface area contributed by atoms with E-state index in [0.29, 0.717) is 20.6 Å². The maximum Gasteiger partial charge on any atom is 0.346 e. The van der Waals surface area contributed by atoms with Crippen LogP contribution in [0.2, 0.25) is 0 Å². The predicted octanol–water partition coefficient (Wildman–Crippen LogP) is 2.95. The number of thiophene rings is 1. The third-order valence-corrected chi connectivity index (χ3v) is 4.92. The molecule has 0 unspecified atom stereocenters. The highest BCUT2D eigenvalue weighted by Crippen LogP contribution is 2.36. The molecule has 3 aromatic rings. The minimum Gasteiger partial charge on any atom is -0.477 e. The zero-order chi connectivity index (χ0) is 15.0. The molecule has 0 radical (unpaired) electrons. The maximum absolute atomic E-state index is 11.2. The fourth-order valence-corrected chi connectivity index (χ4v) is 3.86. The van der Waals surface area contributed by atoms with Gasteiger partial charge in [0.1, 0.15) is 21.1 Å². The first-order valence-corrected chi connectivity index (χ1v) is 7.64. The summed E-state index contributed by atoms with van der Waals surface area (Å²) in [7, 11) is 0. The normalized spacial score (nSPS) is 11.0. The van der Waals surface area contributed by atoms with Crippen molar-refractivity contribution in [2.75, 3.05) is 0 Å². The summed E-state index contributed by atoms with van der Waals surface area (Å²) < 4.78 is 0. The summed E-state index contributed by atoms with van der Waals surface area (Å²) in [4.78, 5) is 29.1. The number of hydrogen-bond donors (Lipinski definition) is 1. The summed E-state index contributed by atoms with van der Waals surface area (Å²) in [6.07, 6.45) is 3.12. The first kappa shape index (κ1) is 13.9. The Morgan fingerprint density at radius 3 is 2.81 bits per heavy atom. The monoisotopic (exact) mass is 318 g/mol. The summed E-state index contributed by atoms with van der Waals surface area (Å²) >= 11 is 2.47. The van der Waals surface area contributed by atoms with E-state index in [4.69, 9.17) is 0 Å². The lowest BCUT2D eigenvalue weighted by atomic mass is 10.2. The van der Waals surface area contributed by atoms with Gasteiger partial charge in [0.05, 0.1) is 0 Å². The number of carboxylic acids is 1. The fraction of sp³-hybridized carbons (Fsp3) is 0.154. The first-order valence-electron chi connectivity index (χ1n) is 6.01. The number of nitrogens with zero attached hydrogens (tertiary/aromatic N) is 4. The van der Waals surface area contributed by atoms with Crippen molar-refractivity contribution in [2.24, 2.45) is 0 Å². The Kier molecular flexibility index (Phi) is 3.56. The minimum atomic E-state index is -0.946. The average Bonchev–Trinajstić information content (AvgIpc) is 2.77. The SMILES string of the molecule is Cc1ccnc(Sc2ncnc3sc(C(=O)O)c(C)c23)n1. The molecule has 0 aliphatic carbocycles. The minimum absolute atomic E-state index is 0.289. The fourth-order valence-electron chi connectivity index (χ4n) is 1.88. The van der Waals surface area contributed by atoms with Crippen LogP contribution < -0.4 is 0 Å². The number of fused-ring (bicyclic) bond motifs is 1. The zero-order valence-electron chi connectivity index (χ0n) is 11.2. The molecule has 0 saturated carbocycles. The summed E-state index contributed by atoms with van der Waals surface area (Å²) in [5, 5.41) is 11.2. The van der Waals surface area contributed by atoms with E-state index in [9.17, 15) is 9.90 Å². The van der Waals surface area contributed by atoms with Gasteiger partial charge >= 0.3 is 5.97 Å². The summed E-state index contributed by atoms with van der Waals surface area (Å²) in [5.41, 5.74) is 1.55. The second kappa shape index (κ2) is 5.38. The summed E-state index contributed by atoms with van der Waals surface area (Å²) in [6, 6.07) is 1.82. The molecule has 0 aromatic carbocycles. The Morgan fingerprint density at radius 2 is 2.10 bits per heavy atom. The van der Waals surface area contributed by atoms with Crippen molar-refractivity contribution >= 4 is 39.3 Å². The summed E-state index contributed by atoms with van der Waals surface area (Å²) in [6.45, 7) is 3.66. The molecule has 0 aliphatic heterocycles. The van der Waals surface area contributed by atoms with Gasteiger partial charge in [0, 0.05) is 17.3 Å². The molecule has 0 fully saturated rings. The lowest BCUT2D eigenvalue weighted by Gasteiger charge is -2.02. The van der Waals surface area contributed by atoms with Crippen molar-refractivity contribution in [1.82, 2.24) is 19.9 Å². The number of carboxylic acid groups (broad SMARTS) is 1. The van der Waals surface area contributed by atoms with Crippen LogP contribution in [-0.2, 0) is 0 Å². The molecule has 106 valence electrons. The molecule has 1 N–H and O–H groups in total. The van der Waals surface area contributed by atoms with E-state index in [-0.39, 0.29) is 4.88 Å². The van der Waals surface area contributed by atoms with Crippen molar-refractivity contribution in [3.63, 3.8) is 0 Å². The molecule has 6 nitrogen and oxygen atoms in total. The van der Waals surface area contributed by atoms with Gasteiger partial charge < -0.3 is 5.11 Å². The molecule has 3 heterocycles. The van der Waals surface area contributed by atoms with Gasteiger partial charge in [-0.05, 0) is 37.2 Å². The average molecular weight is 318 g/mol. The van der Waals surface area contributed by atoms with E-state index in [1.165, 1.54) is 18.1 Å². The van der Waals surface area contributed by atoms with Crippen LogP contribution >= 0.6 is 23.1 Å². The standard InChI is InChI=1S/C13H10N4O2S2/c1-6-3-4-14-13(17-6)21-11-8-7(2)9(12(18)19)20-10(8)15-5-16-11/h3-5H,1-2H3,(H,18,19). The van der Waals surface area contributed by atoms with Gasteiger partial charge in [0.2, 0.25) is 0 Å². The van der Waals surface area contributed by atoms with Crippen LogP contribution in [0.15, 0.2) is 28.8 Å². The molecular formula is C13H10N4O2S2. The third kappa shape index (κ3) is 2.59. The van der Waals surface area contributed by atoms with Crippen molar-refractivity contribution in [3.05, 3.63) is 34.7 Å². The van der Waals surface area contributed by atoms with Crippen LogP contribution in [0.1, 0.15) is 20.9 Å². The Balaban J connectivity index is 2.12. The van der Waals surface area contributed by atoms with Crippen molar-refractivity contribution in [2.45, 2.75) is 24.0 Å². The predicted molar refractivity (Wildman–Crippen MR) is 80.0 cm³/mol. The number of aromatic carboxylic acids is 1. The Bertz CT molecular complexity index is 847. The van der Waals surface area contributed by atoms with Crippen LogP contribution in [0.25, 0.3) is 10.2 Å². The van der Waals surface area contributed by atoms with E-state index >= 15 is 0 Å². The highest BCUT2D eigenvalue weighted by molar-refractivity contribution is 7.99. The molecule has 3 rings (SSSR count). The van der Waals surface area contributed by atoms with Crippen LogP contribution in [0.4, 0.5) is 0 Å². The Labute approximate surface area is 128 Å². The van der Waals surface area contributed by atoms with Crippen molar-refractivity contribution < 1.29 is 9.90 Å². The van der Waals surface area contributed by atoms with Gasteiger partial charge in [-0.15, -0.1) is 11.3 Å². The van der Waals surface area contributed by atoms with Crippen LogP contribution in [0, 0.1) is 13.8 Å². The molecule has 0 aliphatic rings. The number of aromatic nitrogens is 4. The van der Waals surface area contributed by atoms with Gasteiger partial charge in [0.15, 0.2) is 5.16 Å². The molecule has 0 amide bonds. The second-order valence-electron chi connectivity index (χ2n) is 4.30. The maximum atomic E-state index is 11.2. The number of rotatable bonds is 3. The quantitative estimate of drug-likeness (QED) is 0.586. The molecule has 0 atom stereocenters. The molecule has 0 spiro atoms. The van der Waals surface area contributed by atoms with Gasteiger partial charge in [-0.25, -0.2) is 24.7 Å². The Morgan fingerprint density at radius 1 is 1.29 bits per heavy atom. The number of aryl methyl sites for hydroxylation is 2. The number of carbonyl (C=O) groups is 1. The zero-order valence-corrected chi connectivity index (χ0v) is 12.8. The van der Waals surface area contributed by atoms with Crippen LogP contribution in [-0.4, -0.2) is 31.0 Å². The van der Waals surface area contributed by atoms with Gasteiger partial charge in [-0.1, -0.05) is 0 Å². The Hall–Kier alpha value is -2.06. The second-order valence-corrected chi connectivity index (χ2v) is 6.26. The van der Waals surface area contributed by atoms with Crippen molar-refractivity contribution in [1.29, 1.82) is 0 Å². The van der Waals surface area contributed by atoms with Crippen molar-refractivity contribution in [3.8, 4) is 0 Å². The molecule has 0 saturated heterocycles. The van der Waals surface area contributed by atoms with E-state index < -0.39 is 5.97 Å². The van der Waals surface area contributed by atoms with E-state index in [0.717, 1.165) is 22.4 Å². The topological polar surface area (TPSA) is 88.9 Å². The highest BCUT2D eigenvalue weighted by Gasteiger charge is 2.19. The number of hydrogen-bond acceptors (Lipinski definition) is 7. The lowest BCUT2D eigenvalue weighted by Crippen LogP contribution is -1.94. The molecule has 3 aromatic heterocycles. The largest absolute Gasteiger partial charge is 0.477 e. The van der Waals surface area contributed by atoms with Crippen LogP contribution in [0.3, 0.4) is 0 Å². The van der Waals surface area contributed by atoms with Gasteiger partial charge in [-0.3, -0.25) is 0 Å². The third-order valence-electron chi connectivity index (χ3n) is 2.85. The summed E-state index contributed by atoms with van der Waals surface area (Å²) in [5.74, 6) is -0.946. The molecule has 0 bridgehead atoms. The van der Waals surface area contributed by atoms with Gasteiger partial charge in [0.25, 0.3) is 0 Å².